The van der Waals surface area contributed by atoms with E-state index in [0.29, 0.717) is 20.7 Å². The Kier molecular flexibility index (Phi) is 4.58. The zero-order chi connectivity index (χ0) is 16.7. The van der Waals surface area contributed by atoms with Crippen molar-refractivity contribution < 1.29 is 14.3 Å². The molecule has 24 heavy (non-hydrogen) atoms. The molecule has 0 radical (unpaired) electrons. The van der Waals surface area contributed by atoms with E-state index in [1.165, 1.54) is 31.0 Å². The molecule has 4 nitrogen and oxygen atoms in total. The molecule has 1 aromatic carbocycles. The van der Waals surface area contributed by atoms with Crippen LogP contribution in [0.15, 0.2) is 21.5 Å². The lowest BCUT2D eigenvalue weighted by atomic mass is 9.94. The summed E-state index contributed by atoms with van der Waals surface area (Å²) in [6.45, 7) is 0.231. The minimum atomic E-state index is 0.0291. The second-order valence-corrected chi connectivity index (χ2v) is 8.60. The molecule has 0 spiro atoms. The summed E-state index contributed by atoms with van der Waals surface area (Å²) >= 11 is 10.4. The van der Waals surface area contributed by atoms with Crippen molar-refractivity contribution in [2.24, 2.45) is 0 Å². The summed E-state index contributed by atoms with van der Waals surface area (Å²) in [5, 5.41) is 0. The first-order valence-electron chi connectivity index (χ1n) is 8.00. The largest absolute Gasteiger partial charge is 0.454 e. The van der Waals surface area contributed by atoms with Gasteiger partial charge in [-0.1, -0.05) is 59.2 Å². The number of benzene rings is 1. The highest BCUT2D eigenvalue weighted by Crippen LogP contribution is 2.41. The number of halogens is 1. The number of amides is 1. The number of hydrogen-bond donors (Lipinski definition) is 0. The van der Waals surface area contributed by atoms with Crippen LogP contribution in [0.1, 0.15) is 37.7 Å². The van der Waals surface area contributed by atoms with Crippen molar-refractivity contribution in [1.29, 1.82) is 0 Å². The van der Waals surface area contributed by atoms with E-state index in [2.05, 4.69) is 15.9 Å². The molecule has 0 aromatic heterocycles. The van der Waals surface area contributed by atoms with Crippen LogP contribution in [-0.2, 0) is 4.79 Å². The van der Waals surface area contributed by atoms with Gasteiger partial charge in [0, 0.05) is 10.5 Å². The smallest absolute Gasteiger partial charge is 0.266 e. The normalized spacial score (nSPS) is 22.7. The number of thioether (sulfide) groups is 1. The molecule has 1 amide bonds. The van der Waals surface area contributed by atoms with Gasteiger partial charge in [0.25, 0.3) is 5.91 Å². The van der Waals surface area contributed by atoms with Crippen LogP contribution < -0.4 is 9.47 Å². The van der Waals surface area contributed by atoms with Crippen LogP contribution in [0.25, 0.3) is 6.08 Å². The van der Waals surface area contributed by atoms with Crippen molar-refractivity contribution in [2.75, 3.05) is 6.79 Å². The van der Waals surface area contributed by atoms with E-state index >= 15 is 0 Å². The number of thiocarbonyl (C=S) groups is 1. The van der Waals surface area contributed by atoms with Crippen LogP contribution in [0.3, 0.4) is 0 Å². The Morgan fingerprint density at radius 1 is 1.21 bits per heavy atom. The van der Waals surface area contributed by atoms with Gasteiger partial charge in [0.15, 0.2) is 11.5 Å². The number of rotatable bonds is 2. The highest BCUT2D eigenvalue weighted by atomic mass is 79.9. The van der Waals surface area contributed by atoms with Crippen LogP contribution in [0.4, 0.5) is 0 Å². The molecular weight excluding hydrogens is 410 g/mol. The molecule has 4 rings (SSSR count). The second-order valence-electron chi connectivity index (χ2n) is 6.07. The Labute approximate surface area is 158 Å². The molecule has 7 heteroatoms. The molecule has 2 heterocycles. The van der Waals surface area contributed by atoms with Crippen LogP contribution >= 0.6 is 39.9 Å². The standard InChI is InChI=1S/C17H16BrNO3S2/c18-12-8-14-13(21-9-22-14)6-10(12)7-15-16(20)19(17(23)24-15)11-4-2-1-3-5-11/h6-8,11H,1-5,9H2/b15-7+. The number of hydrogen-bond acceptors (Lipinski definition) is 5. The molecule has 1 aliphatic carbocycles. The summed E-state index contributed by atoms with van der Waals surface area (Å²) in [4.78, 5) is 15.3. The lowest BCUT2D eigenvalue weighted by molar-refractivity contribution is -0.124. The zero-order valence-corrected chi connectivity index (χ0v) is 16.1. The summed E-state index contributed by atoms with van der Waals surface area (Å²) in [7, 11) is 0. The highest BCUT2D eigenvalue weighted by Gasteiger charge is 2.37. The molecule has 126 valence electrons. The van der Waals surface area contributed by atoms with Crippen LogP contribution in [0.5, 0.6) is 11.5 Å². The van der Waals surface area contributed by atoms with Crippen molar-refractivity contribution in [3.8, 4) is 11.5 Å². The van der Waals surface area contributed by atoms with Crippen molar-refractivity contribution in [2.45, 2.75) is 38.1 Å². The quantitative estimate of drug-likeness (QED) is 0.506. The van der Waals surface area contributed by atoms with Gasteiger partial charge in [-0.15, -0.1) is 0 Å². The predicted octanol–water partition coefficient (Wildman–Crippen LogP) is 4.71. The molecule has 0 unspecified atom stereocenters. The molecule has 1 aromatic rings. The monoisotopic (exact) mass is 425 g/mol. The average molecular weight is 426 g/mol. The van der Waals surface area contributed by atoms with Gasteiger partial charge < -0.3 is 9.47 Å². The first-order chi connectivity index (χ1) is 11.6. The number of carbonyl (C=O) groups is 1. The summed E-state index contributed by atoms with van der Waals surface area (Å²) in [5.74, 6) is 1.45. The molecule has 0 atom stereocenters. The van der Waals surface area contributed by atoms with Crippen LogP contribution in [0.2, 0.25) is 0 Å². The Balaban J connectivity index is 1.62. The fourth-order valence-electron chi connectivity index (χ4n) is 3.32. The van der Waals surface area contributed by atoms with E-state index in [9.17, 15) is 4.79 Å². The van der Waals surface area contributed by atoms with Crippen molar-refractivity contribution in [3.05, 3.63) is 27.1 Å². The minimum absolute atomic E-state index is 0.0291. The van der Waals surface area contributed by atoms with Gasteiger partial charge in [0.1, 0.15) is 4.32 Å². The molecule has 3 aliphatic rings. The molecule has 1 saturated carbocycles. The first kappa shape index (κ1) is 16.4. The third-order valence-corrected chi connectivity index (χ3v) is 6.56. The number of fused-ring (bicyclic) bond motifs is 1. The maximum Gasteiger partial charge on any atom is 0.266 e. The van der Waals surface area contributed by atoms with Crippen molar-refractivity contribution in [3.63, 3.8) is 0 Å². The Morgan fingerprint density at radius 3 is 2.67 bits per heavy atom. The molecule has 2 aliphatic heterocycles. The maximum atomic E-state index is 12.8. The topological polar surface area (TPSA) is 38.8 Å². The van der Waals surface area contributed by atoms with Gasteiger partial charge in [-0.2, -0.15) is 0 Å². The fourth-order valence-corrected chi connectivity index (χ4v) is 5.15. The van der Waals surface area contributed by atoms with Crippen LogP contribution in [-0.4, -0.2) is 28.0 Å². The van der Waals surface area contributed by atoms with E-state index in [1.807, 2.05) is 23.1 Å². The number of ether oxygens (including phenoxy) is 2. The van der Waals surface area contributed by atoms with Gasteiger partial charge in [0.2, 0.25) is 6.79 Å². The lowest BCUT2D eigenvalue weighted by Crippen LogP contribution is -2.39. The van der Waals surface area contributed by atoms with E-state index in [1.54, 1.807) is 0 Å². The highest BCUT2D eigenvalue weighted by molar-refractivity contribution is 9.10. The number of carbonyl (C=O) groups excluding carboxylic acids is 1. The van der Waals surface area contributed by atoms with Crippen molar-refractivity contribution in [1.82, 2.24) is 4.90 Å². The van der Waals surface area contributed by atoms with E-state index in [4.69, 9.17) is 21.7 Å². The summed E-state index contributed by atoms with van der Waals surface area (Å²) in [6, 6.07) is 4.02. The van der Waals surface area contributed by atoms with E-state index in [0.717, 1.165) is 22.9 Å². The molecule has 0 N–H and O–H groups in total. The Bertz CT molecular complexity index is 744. The SMILES string of the molecule is O=C1/C(=C\c2cc3c(cc2Br)OCO3)SC(=S)N1C1CCCCC1. The van der Waals surface area contributed by atoms with Gasteiger partial charge in [-0.25, -0.2) is 0 Å². The Morgan fingerprint density at radius 2 is 1.92 bits per heavy atom. The van der Waals surface area contributed by atoms with E-state index in [-0.39, 0.29) is 18.7 Å². The predicted molar refractivity (Wildman–Crippen MR) is 102 cm³/mol. The summed E-state index contributed by atoms with van der Waals surface area (Å²) in [6.07, 6.45) is 7.59. The zero-order valence-electron chi connectivity index (χ0n) is 12.9. The Hall–Kier alpha value is -1.05. The van der Waals surface area contributed by atoms with Gasteiger partial charge in [-0.05, 0) is 36.6 Å². The van der Waals surface area contributed by atoms with Crippen molar-refractivity contribution >= 4 is 56.2 Å². The summed E-state index contributed by atoms with van der Waals surface area (Å²) < 4.78 is 12.3. The lowest BCUT2D eigenvalue weighted by Gasteiger charge is -2.29. The second kappa shape index (κ2) is 6.69. The fraction of sp³-hybridized carbons (Fsp3) is 0.412. The van der Waals surface area contributed by atoms with Gasteiger partial charge >= 0.3 is 0 Å². The molecular formula is C17H16BrNO3S2. The van der Waals surface area contributed by atoms with Gasteiger partial charge in [0.05, 0.1) is 4.91 Å². The van der Waals surface area contributed by atoms with Crippen LogP contribution in [0, 0.1) is 0 Å². The summed E-state index contributed by atoms with van der Waals surface area (Å²) in [5.41, 5.74) is 0.892. The molecule has 0 bridgehead atoms. The maximum absolute atomic E-state index is 12.8. The third-order valence-electron chi connectivity index (χ3n) is 4.54. The number of nitrogens with zero attached hydrogens (tertiary/aromatic N) is 1. The average Bonchev–Trinajstić information content (AvgIpc) is 3.13. The molecule has 2 fully saturated rings. The minimum Gasteiger partial charge on any atom is -0.454 e. The van der Waals surface area contributed by atoms with Gasteiger partial charge in [-0.3, -0.25) is 9.69 Å². The molecule has 1 saturated heterocycles. The first-order valence-corrected chi connectivity index (χ1v) is 10.0. The van der Waals surface area contributed by atoms with E-state index < -0.39 is 0 Å². The third kappa shape index (κ3) is 2.97.